The van der Waals surface area contributed by atoms with Crippen LogP contribution in [-0.2, 0) is 4.79 Å². The minimum absolute atomic E-state index is 0.00126. The van der Waals surface area contributed by atoms with E-state index in [1.165, 1.54) is 28.8 Å². The lowest BCUT2D eigenvalue weighted by Gasteiger charge is -2.14. The monoisotopic (exact) mass is 480 g/mol. The largest absolute Gasteiger partial charge is 0.270 e. The molecule has 0 radical (unpaired) electrons. The Bertz CT molecular complexity index is 989. The number of hydrogen-bond donors (Lipinski definition) is 0. The second kappa shape index (κ2) is 8.35. The Morgan fingerprint density at radius 2 is 1.81 bits per heavy atom. The van der Waals surface area contributed by atoms with E-state index in [2.05, 4.69) is 15.9 Å². The molecule has 0 saturated carbocycles. The third-order valence-electron chi connectivity index (χ3n) is 3.56. The zero-order valence-electron chi connectivity index (χ0n) is 13.5. The van der Waals surface area contributed by atoms with Crippen molar-refractivity contribution in [2.45, 2.75) is 0 Å². The van der Waals surface area contributed by atoms with Crippen LogP contribution in [0.5, 0.6) is 0 Å². The number of hydrogen-bond acceptors (Lipinski definition) is 5. The summed E-state index contributed by atoms with van der Waals surface area (Å²) >= 11 is 16.1. The highest BCUT2D eigenvalue weighted by molar-refractivity contribution is 9.10. The Kier molecular flexibility index (Phi) is 6.11. The van der Waals surface area contributed by atoms with Gasteiger partial charge in [0.1, 0.15) is 0 Å². The molecule has 2 aromatic carbocycles. The van der Waals surface area contributed by atoms with Crippen molar-refractivity contribution in [3.05, 3.63) is 84.7 Å². The van der Waals surface area contributed by atoms with Crippen molar-refractivity contribution >= 4 is 79.2 Å². The average Bonchev–Trinajstić information content (AvgIpc) is 2.90. The highest BCUT2D eigenvalue weighted by Gasteiger charge is 2.33. The van der Waals surface area contributed by atoms with Crippen LogP contribution in [0.15, 0.2) is 69.0 Å². The third-order valence-corrected chi connectivity index (χ3v) is 5.61. The maximum Gasteiger partial charge on any atom is 0.270 e. The normalized spacial score (nSPS) is 16.3. The summed E-state index contributed by atoms with van der Waals surface area (Å²) in [5, 5.41) is 11.0. The summed E-state index contributed by atoms with van der Waals surface area (Å²) in [6.45, 7) is 0. The van der Waals surface area contributed by atoms with Crippen molar-refractivity contribution in [1.29, 1.82) is 0 Å². The zero-order valence-corrected chi connectivity index (χ0v) is 17.4. The van der Waals surface area contributed by atoms with Gasteiger partial charge < -0.3 is 0 Å². The Labute approximate surface area is 178 Å². The topological polar surface area (TPSA) is 63.4 Å². The van der Waals surface area contributed by atoms with E-state index in [-0.39, 0.29) is 11.6 Å². The molecule has 0 bridgehead atoms. The predicted octanol–water partition coefficient (Wildman–Crippen LogP) is 5.89. The van der Waals surface area contributed by atoms with Gasteiger partial charge in [-0.25, -0.2) is 0 Å². The lowest BCUT2D eigenvalue weighted by molar-refractivity contribution is -0.384. The Balaban J connectivity index is 1.82. The molecule has 0 atom stereocenters. The fraction of sp³-hybridized carbons (Fsp3) is 0. The smallest absolute Gasteiger partial charge is 0.268 e. The molecular formula is C18H10BrClN2O3S2. The number of nitro groups is 1. The summed E-state index contributed by atoms with van der Waals surface area (Å²) in [4.78, 5) is 24.8. The molecule has 0 aliphatic carbocycles. The van der Waals surface area contributed by atoms with Crippen molar-refractivity contribution < 1.29 is 9.72 Å². The summed E-state index contributed by atoms with van der Waals surface area (Å²) in [6, 6.07) is 13.2. The quantitative estimate of drug-likeness (QED) is 0.236. The first-order valence-electron chi connectivity index (χ1n) is 7.50. The molecule has 2 aromatic rings. The van der Waals surface area contributed by atoms with Crippen LogP contribution in [0.4, 0.5) is 11.4 Å². The minimum atomic E-state index is -0.470. The van der Waals surface area contributed by atoms with E-state index in [1.54, 1.807) is 36.4 Å². The maximum atomic E-state index is 12.7. The van der Waals surface area contributed by atoms with Crippen LogP contribution in [0.2, 0.25) is 0 Å². The van der Waals surface area contributed by atoms with Crippen molar-refractivity contribution in [1.82, 2.24) is 0 Å². The Morgan fingerprint density at radius 3 is 2.41 bits per heavy atom. The van der Waals surface area contributed by atoms with Gasteiger partial charge in [-0.1, -0.05) is 51.5 Å². The number of benzene rings is 2. The summed E-state index contributed by atoms with van der Waals surface area (Å²) in [5.74, 6) is -0.248. The van der Waals surface area contributed by atoms with Gasteiger partial charge in [-0.3, -0.25) is 19.8 Å². The average molecular weight is 482 g/mol. The fourth-order valence-corrected chi connectivity index (χ4v) is 4.15. The van der Waals surface area contributed by atoms with Gasteiger partial charge in [0.15, 0.2) is 4.32 Å². The molecule has 0 spiro atoms. The number of thiocarbonyl (C=S) groups is 1. The summed E-state index contributed by atoms with van der Waals surface area (Å²) in [7, 11) is 0. The van der Waals surface area contributed by atoms with Crippen LogP contribution in [0.25, 0.3) is 6.08 Å². The highest BCUT2D eigenvalue weighted by atomic mass is 79.9. The zero-order chi connectivity index (χ0) is 19.6. The third kappa shape index (κ3) is 4.65. The van der Waals surface area contributed by atoms with E-state index in [0.29, 0.717) is 25.5 Å². The lowest BCUT2D eigenvalue weighted by atomic mass is 10.2. The van der Waals surface area contributed by atoms with E-state index >= 15 is 0 Å². The Hall–Kier alpha value is -2.00. The molecular weight excluding hydrogens is 472 g/mol. The van der Waals surface area contributed by atoms with Gasteiger partial charge in [0, 0.05) is 21.6 Å². The Morgan fingerprint density at radius 1 is 1.19 bits per heavy atom. The van der Waals surface area contributed by atoms with Crippen molar-refractivity contribution in [3.8, 4) is 0 Å². The number of allylic oxidation sites excluding steroid dienone is 2. The van der Waals surface area contributed by atoms with E-state index < -0.39 is 4.92 Å². The van der Waals surface area contributed by atoms with Gasteiger partial charge in [-0.2, -0.15) is 0 Å². The van der Waals surface area contributed by atoms with E-state index in [9.17, 15) is 14.9 Å². The van der Waals surface area contributed by atoms with Crippen molar-refractivity contribution in [2.24, 2.45) is 0 Å². The molecule has 1 fully saturated rings. The molecule has 0 unspecified atom stereocenters. The molecule has 27 heavy (non-hydrogen) atoms. The summed E-state index contributed by atoms with van der Waals surface area (Å²) < 4.78 is 1.33. The van der Waals surface area contributed by atoms with Crippen LogP contribution in [0.3, 0.4) is 0 Å². The number of nitro benzene ring substituents is 1. The molecule has 0 N–H and O–H groups in total. The van der Waals surface area contributed by atoms with E-state index in [0.717, 1.165) is 4.47 Å². The first-order valence-corrected chi connectivity index (χ1v) is 9.90. The lowest BCUT2D eigenvalue weighted by Crippen LogP contribution is -2.27. The van der Waals surface area contributed by atoms with Crippen LogP contribution < -0.4 is 4.90 Å². The standard InChI is InChI=1S/C18H10BrClN2O3S2/c19-12-3-7-14(8-4-12)21-17(23)16(27-18(21)26)10-13(20)9-11-1-5-15(6-2-11)22(24)25/h1-10H/b13-9-,16-10+. The number of rotatable bonds is 4. The van der Waals surface area contributed by atoms with Gasteiger partial charge in [0.25, 0.3) is 11.6 Å². The fourth-order valence-electron chi connectivity index (χ4n) is 2.30. The minimum Gasteiger partial charge on any atom is -0.268 e. The van der Waals surface area contributed by atoms with Crippen LogP contribution in [-0.4, -0.2) is 15.2 Å². The van der Waals surface area contributed by atoms with Gasteiger partial charge in [0.2, 0.25) is 0 Å². The molecule has 1 aliphatic heterocycles. The van der Waals surface area contributed by atoms with Crippen LogP contribution >= 0.6 is 51.5 Å². The summed E-state index contributed by atoms with van der Waals surface area (Å²) in [6.07, 6.45) is 3.17. The number of halogens is 2. The number of non-ortho nitro benzene ring substituents is 1. The number of nitrogens with zero attached hydrogens (tertiary/aromatic N) is 2. The molecule has 1 saturated heterocycles. The van der Waals surface area contributed by atoms with Crippen molar-refractivity contribution in [2.75, 3.05) is 4.90 Å². The SMILES string of the molecule is O=C1/C(=C\C(Cl)=C\c2ccc([N+](=O)[O-])cc2)SC(=S)N1c1ccc(Br)cc1. The van der Waals surface area contributed by atoms with Gasteiger partial charge in [-0.05, 0) is 54.1 Å². The van der Waals surface area contributed by atoms with Gasteiger partial charge in [-0.15, -0.1) is 0 Å². The molecule has 5 nitrogen and oxygen atoms in total. The molecule has 9 heteroatoms. The van der Waals surface area contributed by atoms with E-state index in [1.807, 2.05) is 12.1 Å². The maximum absolute atomic E-state index is 12.7. The van der Waals surface area contributed by atoms with Gasteiger partial charge >= 0.3 is 0 Å². The first-order chi connectivity index (χ1) is 12.8. The first kappa shape index (κ1) is 19.8. The van der Waals surface area contributed by atoms with Gasteiger partial charge in [0.05, 0.1) is 15.5 Å². The molecule has 136 valence electrons. The number of carbonyl (C=O) groups excluding carboxylic acids is 1. The van der Waals surface area contributed by atoms with Crippen LogP contribution in [0.1, 0.15) is 5.56 Å². The number of amides is 1. The highest BCUT2D eigenvalue weighted by Crippen LogP contribution is 2.36. The van der Waals surface area contributed by atoms with Crippen molar-refractivity contribution in [3.63, 3.8) is 0 Å². The molecule has 3 rings (SSSR count). The summed E-state index contributed by atoms with van der Waals surface area (Å²) in [5.41, 5.74) is 1.36. The second-order valence-corrected chi connectivity index (χ2v) is 8.40. The second-order valence-electron chi connectivity index (χ2n) is 5.37. The van der Waals surface area contributed by atoms with E-state index in [4.69, 9.17) is 23.8 Å². The number of anilines is 1. The molecule has 0 aromatic heterocycles. The van der Waals surface area contributed by atoms with Crippen LogP contribution in [0, 0.1) is 10.1 Å². The number of carbonyl (C=O) groups is 1. The molecule has 1 heterocycles. The number of thioether (sulfide) groups is 1. The molecule has 1 amide bonds. The molecule has 1 aliphatic rings. The predicted molar refractivity (Wildman–Crippen MR) is 117 cm³/mol.